The van der Waals surface area contributed by atoms with E-state index < -0.39 is 4.92 Å². The molecule has 0 radical (unpaired) electrons. The molecule has 1 aromatic heterocycles. The van der Waals surface area contributed by atoms with Crippen LogP contribution in [0.25, 0.3) is 5.69 Å². The number of benzene rings is 2. The lowest BCUT2D eigenvalue weighted by atomic mass is 10.0. The molecule has 0 bridgehead atoms. The minimum Gasteiger partial charge on any atom is -0.346 e. The monoisotopic (exact) mass is 350 g/mol. The standard InChI is InChI=1S/C19H18N4O3/c1-13-17(4-3-5-18(13)23(25)26)19(24)21-14(2)15-6-8-16(9-7-15)22-11-10-20-12-22/h3-12,14H,1-2H3,(H,21,24)/t14-/m1/s1. The van der Waals surface area contributed by atoms with Gasteiger partial charge in [-0.1, -0.05) is 18.2 Å². The third-order valence-electron chi connectivity index (χ3n) is 4.29. The second kappa shape index (κ2) is 7.18. The zero-order valence-electron chi connectivity index (χ0n) is 14.4. The molecule has 1 N–H and O–H groups in total. The van der Waals surface area contributed by atoms with Gasteiger partial charge in [0.2, 0.25) is 0 Å². The van der Waals surface area contributed by atoms with Crippen molar-refractivity contribution in [1.29, 1.82) is 0 Å². The molecule has 1 atom stereocenters. The van der Waals surface area contributed by atoms with Gasteiger partial charge in [-0.05, 0) is 37.6 Å². The highest BCUT2D eigenvalue weighted by Gasteiger charge is 2.19. The summed E-state index contributed by atoms with van der Waals surface area (Å²) < 4.78 is 1.89. The maximum atomic E-state index is 12.5. The first-order chi connectivity index (χ1) is 12.5. The molecule has 0 saturated heterocycles. The number of imidazole rings is 1. The van der Waals surface area contributed by atoms with Crippen LogP contribution >= 0.6 is 0 Å². The summed E-state index contributed by atoms with van der Waals surface area (Å²) in [7, 11) is 0. The summed E-state index contributed by atoms with van der Waals surface area (Å²) in [6.07, 6.45) is 5.27. The van der Waals surface area contributed by atoms with Crippen molar-refractivity contribution in [2.45, 2.75) is 19.9 Å². The van der Waals surface area contributed by atoms with E-state index in [9.17, 15) is 14.9 Å². The summed E-state index contributed by atoms with van der Waals surface area (Å²) in [5, 5.41) is 13.9. The topological polar surface area (TPSA) is 90.1 Å². The van der Waals surface area contributed by atoms with Gasteiger partial charge in [0.1, 0.15) is 0 Å². The summed E-state index contributed by atoms with van der Waals surface area (Å²) in [5.74, 6) is -0.336. The van der Waals surface area contributed by atoms with Gasteiger partial charge < -0.3 is 9.88 Å². The number of aromatic nitrogens is 2. The molecule has 7 nitrogen and oxygen atoms in total. The molecule has 0 aliphatic carbocycles. The zero-order chi connectivity index (χ0) is 18.7. The Morgan fingerprint density at radius 1 is 1.23 bits per heavy atom. The highest BCUT2D eigenvalue weighted by atomic mass is 16.6. The number of amides is 1. The number of hydrogen-bond donors (Lipinski definition) is 1. The molecule has 0 aliphatic heterocycles. The molecule has 0 aliphatic rings. The lowest BCUT2D eigenvalue weighted by molar-refractivity contribution is -0.385. The molecular weight excluding hydrogens is 332 g/mol. The van der Waals surface area contributed by atoms with Gasteiger partial charge in [-0.25, -0.2) is 4.98 Å². The van der Waals surface area contributed by atoms with Crippen LogP contribution in [-0.2, 0) is 0 Å². The van der Waals surface area contributed by atoms with Crippen molar-refractivity contribution < 1.29 is 9.72 Å². The number of nitro groups is 1. The average Bonchev–Trinajstić information content (AvgIpc) is 3.16. The number of nitrogens with zero attached hydrogens (tertiary/aromatic N) is 3. The maximum absolute atomic E-state index is 12.5. The Morgan fingerprint density at radius 3 is 2.58 bits per heavy atom. The Labute approximate surface area is 150 Å². The van der Waals surface area contributed by atoms with E-state index in [1.165, 1.54) is 12.1 Å². The smallest absolute Gasteiger partial charge is 0.273 e. The largest absolute Gasteiger partial charge is 0.346 e. The van der Waals surface area contributed by atoms with Gasteiger partial charge in [0.05, 0.1) is 17.3 Å². The Balaban J connectivity index is 1.75. The molecule has 0 fully saturated rings. The van der Waals surface area contributed by atoms with E-state index in [1.54, 1.807) is 25.5 Å². The SMILES string of the molecule is Cc1c(C(=O)N[C@H](C)c2ccc(-n3ccnc3)cc2)cccc1[N+](=O)[O-]. The van der Waals surface area contributed by atoms with Crippen LogP contribution in [0.3, 0.4) is 0 Å². The van der Waals surface area contributed by atoms with E-state index in [0.29, 0.717) is 11.1 Å². The third kappa shape index (κ3) is 3.46. The number of rotatable bonds is 5. The highest BCUT2D eigenvalue weighted by molar-refractivity contribution is 5.96. The van der Waals surface area contributed by atoms with Crippen LogP contribution in [0, 0.1) is 17.0 Å². The third-order valence-corrected chi connectivity index (χ3v) is 4.29. The van der Waals surface area contributed by atoms with Gasteiger partial charge in [0, 0.05) is 35.3 Å². The molecule has 26 heavy (non-hydrogen) atoms. The molecule has 0 spiro atoms. The van der Waals surface area contributed by atoms with Crippen LogP contribution in [0.15, 0.2) is 61.2 Å². The minimum atomic E-state index is -0.482. The maximum Gasteiger partial charge on any atom is 0.273 e. The summed E-state index contributed by atoms with van der Waals surface area (Å²) in [6, 6.07) is 12.0. The number of carbonyl (C=O) groups is 1. The fourth-order valence-corrected chi connectivity index (χ4v) is 2.77. The van der Waals surface area contributed by atoms with Crippen molar-refractivity contribution >= 4 is 11.6 Å². The molecule has 1 heterocycles. The van der Waals surface area contributed by atoms with Crippen molar-refractivity contribution in [2.24, 2.45) is 0 Å². The first-order valence-corrected chi connectivity index (χ1v) is 8.10. The van der Waals surface area contributed by atoms with Crippen LogP contribution in [0.5, 0.6) is 0 Å². The van der Waals surface area contributed by atoms with E-state index >= 15 is 0 Å². The fourth-order valence-electron chi connectivity index (χ4n) is 2.77. The van der Waals surface area contributed by atoms with Crippen LogP contribution in [0.2, 0.25) is 0 Å². The average molecular weight is 350 g/mol. The van der Waals surface area contributed by atoms with Gasteiger partial charge in [0.25, 0.3) is 11.6 Å². The molecule has 0 unspecified atom stereocenters. The Bertz CT molecular complexity index is 934. The van der Waals surface area contributed by atoms with E-state index in [4.69, 9.17) is 0 Å². The van der Waals surface area contributed by atoms with Crippen LogP contribution in [-0.4, -0.2) is 20.4 Å². The Kier molecular flexibility index (Phi) is 4.79. The number of hydrogen-bond acceptors (Lipinski definition) is 4. The quantitative estimate of drug-likeness (QED) is 0.562. The molecule has 132 valence electrons. The summed E-state index contributed by atoms with van der Waals surface area (Å²) in [6.45, 7) is 3.45. The normalized spacial score (nSPS) is 11.8. The fraction of sp³-hybridized carbons (Fsp3) is 0.158. The lowest BCUT2D eigenvalue weighted by Crippen LogP contribution is -2.27. The number of nitrogens with one attached hydrogen (secondary N) is 1. The molecule has 3 aromatic rings. The summed E-state index contributed by atoms with van der Waals surface area (Å²) in [4.78, 5) is 27.1. The molecule has 1 amide bonds. The van der Waals surface area contributed by atoms with Gasteiger partial charge in [0.15, 0.2) is 0 Å². The second-order valence-corrected chi connectivity index (χ2v) is 5.96. The van der Waals surface area contributed by atoms with Gasteiger partial charge >= 0.3 is 0 Å². The van der Waals surface area contributed by atoms with E-state index in [-0.39, 0.29) is 17.6 Å². The van der Waals surface area contributed by atoms with Crippen molar-refractivity contribution in [2.75, 3.05) is 0 Å². The number of carbonyl (C=O) groups excluding carboxylic acids is 1. The van der Waals surface area contributed by atoms with Gasteiger partial charge in [-0.15, -0.1) is 0 Å². The predicted octanol–water partition coefficient (Wildman–Crippen LogP) is 3.58. The Hall–Kier alpha value is -3.48. The zero-order valence-corrected chi connectivity index (χ0v) is 14.4. The van der Waals surface area contributed by atoms with Gasteiger partial charge in [-0.3, -0.25) is 14.9 Å². The van der Waals surface area contributed by atoms with Crippen LogP contribution in [0.4, 0.5) is 5.69 Å². The molecule has 0 saturated carbocycles. The predicted molar refractivity (Wildman–Crippen MR) is 97.3 cm³/mol. The van der Waals surface area contributed by atoms with E-state index in [0.717, 1.165) is 11.3 Å². The summed E-state index contributed by atoms with van der Waals surface area (Å²) >= 11 is 0. The van der Waals surface area contributed by atoms with Crippen molar-refractivity contribution in [3.8, 4) is 5.69 Å². The minimum absolute atomic E-state index is 0.0602. The molecular formula is C19H18N4O3. The Morgan fingerprint density at radius 2 is 1.96 bits per heavy atom. The second-order valence-electron chi connectivity index (χ2n) is 5.96. The molecule has 7 heteroatoms. The lowest BCUT2D eigenvalue weighted by Gasteiger charge is -2.16. The number of nitro benzene ring substituents is 1. The van der Waals surface area contributed by atoms with Crippen LogP contribution in [0.1, 0.15) is 34.5 Å². The molecule has 2 aromatic carbocycles. The van der Waals surface area contributed by atoms with Gasteiger partial charge in [-0.2, -0.15) is 0 Å². The van der Waals surface area contributed by atoms with Crippen LogP contribution < -0.4 is 5.32 Å². The first-order valence-electron chi connectivity index (χ1n) is 8.10. The summed E-state index contributed by atoms with van der Waals surface area (Å²) in [5.41, 5.74) is 2.51. The van der Waals surface area contributed by atoms with E-state index in [1.807, 2.05) is 42.0 Å². The van der Waals surface area contributed by atoms with Crippen molar-refractivity contribution in [3.63, 3.8) is 0 Å². The first kappa shape index (κ1) is 17.3. The van der Waals surface area contributed by atoms with Crippen molar-refractivity contribution in [1.82, 2.24) is 14.9 Å². The highest BCUT2D eigenvalue weighted by Crippen LogP contribution is 2.22. The van der Waals surface area contributed by atoms with Crippen molar-refractivity contribution in [3.05, 3.63) is 88.0 Å². The molecule has 3 rings (SSSR count). The van der Waals surface area contributed by atoms with E-state index in [2.05, 4.69) is 10.3 Å².